The minimum absolute atomic E-state index is 0.0395. The topological polar surface area (TPSA) is 84.3 Å². The van der Waals surface area contributed by atoms with Crippen LogP contribution in [0.25, 0.3) is 0 Å². The number of aryl methyl sites for hydroxylation is 2. The number of carbonyl (C=O) groups excluding carboxylic acids is 1. The molecule has 2 N–H and O–H groups in total. The molecule has 0 saturated carbocycles. The predicted octanol–water partition coefficient (Wildman–Crippen LogP) is 5.43. The van der Waals surface area contributed by atoms with Crippen LogP contribution in [-0.4, -0.2) is 10.7 Å². The summed E-state index contributed by atoms with van der Waals surface area (Å²) < 4.78 is 0. The van der Waals surface area contributed by atoms with Crippen molar-refractivity contribution in [1.82, 2.24) is 0 Å². The molecule has 29 heavy (non-hydrogen) atoms. The average Bonchev–Trinajstić information content (AvgIpc) is 2.78. The number of benzene rings is 2. The van der Waals surface area contributed by atoms with Crippen molar-refractivity contribution in [2.75, 3.05) is 10.6 Å². The van der Waals surface area contributed by atoms with Gasteiger partial charge in [-0.25, -0.2) is 0 Å². The van der Waals surface area contributed by atoms with Crippen LogP contribution in [0.4, 0.5) is 17.1 Å². The van der Waals surface area contributed by atoms with Crippen molar-refractivity contribution < 1.29 is 9.72 Å². The first-order valence-electron chi connectivity index (χ1n) is 9.80. The molecule has 1 heterocycles. The maximum atomic E-state index is 13.2. The highest BCUT2D eigenvalue weighted by molar-refractivity contribution is 6.01. The fourth-order valence-electron chi connectivity index (χ4n) is 4.25. The number of rotatable bonds is 2. The molecule has 0 spiro atoms. The molecular weight excluding hydrogens is 366 g/mol. The van der Waals surface area contributed by atoms with Crippen molar-refractivity contribution in [2.24, 2.45) is 5.41 Å². The summed E-state index contributed by atoms with van der Waals surface area (Å²) in [5.41, 5.74) is 6.64. The van der Waals surface area contributed by atoms with E-state index in [4.69, 9.17) is 0 Å². The van der Waals surface area contributed by atoms with E-state index in [0.717, 1.165) is 40.2 Å². The Hall–Kier alpha value is -3.15. The van der Waals surface area contributed by atoms with Crippen LogP contribution in [0.15, 0.2) is 47.7 Å². The minimum atomic E-state index is -0.410. The lowest BCUT2D eigenvalue weighted by Gasteiger charge is -2.34. The lowest BCUT2D eigenvalue weighted by atomic mass is 9.73. The molecule has 0 radical (unpaired) electrons. The van der Waals surface area contributed by atoms with Crippen LogP contribution in [-0.2, 0) is 4.79 Å². The lowest BCUT2D eigenvalue weighted by molar-refractivity contribution is -0.384. The number of hydrogen-bond donors (Lipinski definition) is 2. The Balaban J connectivity index is 1.87. The predicted molar refractivity (Wildman–Crippen MR) is 114 cm³/mol. The molecule has 4 rings (SSSR count). The zero-order chi connectivity index (χ0) is 20.9. The Morgan fingerprint density at radius 1 is 1.03 bits per heavy atom. The van der Waals surface area contributed by atoms with Crippen LogP contribution in [0.1, 0.15) is 49.4 Å². The zero-order valence-electron chi connectivity index (χ0n) is 17.1. The third-order valence-electron chi connectivity index (χ3n) is 5.87. The van der Waals surface area contributed by atoms with Gasteiger partial charge in [-0.1, -0.05) is 13.8 Å². The highest BCUT2D eigenvalue weighted by Crippen LogP contribution is 2.46. The van der Waals surface area contributed by atoms with E-state index >= 15 is 0 Å². The summed E-state index contributed by atoms with van der Waals surface area (Å²) in [6.45, 7) is 8.35. The Morgan fingerprint density at radius 3 is 2.28 bits per heavy atom. The Bertz CT molecular complexity index is 1050. The summed E-state index contributed by atoms with van der Waals surface area (Å²) >= 11 is 0. The molecule has 1 aliphatic heterocycles. The van der Waals surface area contributed by atoms with Crippen molar-refractivity contribution in [3.05, 3.63) is 74.5 Å². The standard InChI is InChI=1S/C23H25N3O3/c1-13-9-17-18(10-14(13)2)25-22(15-5-7-16(8-6-15)26(28)29)21-19(24-17)11-23(3,4)12-20(21)27/h5-10,22,24-25H,11-12H2,1-4H3/t22-/m1/s1. The second-order valence-electron chi connectivity index (χ2n) is 8.87. The Kier molecular flexibility index (Phi) is 4.45. The molecule has 0 fully saturated rings. The van der Waals surface area contributed by atoms with Gasteiger partial charge in [-0.15, -0.1) is 0 Å². The third-order valence-corrected chi connectivity index (χ3v) is 5.87. The Morgan fingerprint density at radius 2 is 1.66 bits per heavy atom. The number of ketones is 1. The molecule has 0 unspecified atom stereocenters. The van der Waals surface area contributed by atoms with Gasteiger partial charge in [0.2, 0.25) is 0 Å². The van der Waals surface area contributed by atoms with Gasteiger partial charge in [0, 0.05) is 29.8 Å². The summed E-state index contributed by atoms with van der Waals surface area (Å²) in [7, 11) is 0. The van der Waals surface area contributed by atoms with Crippen molar-refractivity contribution >= 4 is 22.8 Å². The smallest absolute Gasteiger partial charge is 0.269 e. The van der Waals surface area contributed by atoms with Crippen molar-refractivity contribution in [2.45, 2.75) is 46.6 Å². The van der Waals surface area contributed by atoms with Crippen molar-refractivity contribution in [3.8, 4) is 0 Å². The summed E-state index contributed by atoms with van der Waals surface area (Å²) in [6, 6.07) is 10.3. The van der Waals surface area contributed by atoms with E-state index in [1.807, 2.05) is 0 Å². The zero-order valence-corrected chi connectivity index (χ0v) is 17.1. The number of nitro benzene ring substituents is 1. The SMILES string of the molecule is Cc1cc2c(cc1C)N[C@H](c1ccc([N+](=O)[O-])cc1)C1=C(CC(C)(C)CC1=O)N2. The largest absolute Gasteiger partial charge is 0.372 e. The fourth-order valence-corrected chi connectivity index (χ4v) is 4.25. The third kappa shape index (κ3) is 3.50. The average molecular weight is 391 g/mol. The highest BCUT2D eigenvalue weighted by Gasteiger charge is 2.38. The number of fused-ring (bicyclic) bond motifs is 1. The number of hydrogen-bond acceptors (Lipinski definition) is 5. The highest BCUT2D eigenvalue weighted by atomic mass is 16.6. The maximum Gasteiger partial charge on any atom is 0.269 e. The molecule has 6 nitrogen and oxygen atoms in total. The Labute approximate surface area is 170 Å². The summed E-state index contributed by atoms with van der Waals surface area (Å²) in [6.07, 6.45) is 1.25. The van der Waals surface area contributed by atoms with Crippen LogP contribution < -0.4 is 10.6 Å². The molecule has 6 heteroatoms. The van der Waals surface area contributed by atoms with Crippen LogP contribution >= 0.6 is 0 Å². The quantitative estimate of drug-likeness (QED) is 0.526. The van der Waals surface area contributed by atoms with Crippen LogP contribution in [0.5, 0.6) is 0 Å². The van der Waals surface area contributed by atoms with E-state index in [1.54, 1.807) is 12.1 Å². The molecule has 1 aliphatic carbocycles. The number of nitrogens with one attached hydrogen (secondary N) is 2. The second kappa shape index (κ2) is 6.72. The number of non-ortho nitro benzene ring substituents is 1. The first kappa shape index (κ1) is 19.2. The van der Waals surface area contributed by atoms with Crippen molar-refractivity contribution in [3.63, 3.8) is 0 Å². The van der Waals surface area contributed by atoms with Gasteiger partial charge in [0.05, 0.1) is 22.3 Å². The molecular formula is C23H25N3O3. The van der Waals surface area contributed by atoms with E-state index in [0.29, 0.717) is 6.42 Å². The van der Waals surface area contributed by atoms with E-state index in [-0.39, 0.29) is 22.9 Å². The van der Waals surface area contributed by atoms with Gasteiger partial charge in [-0.05, 0) is 66.6 Å². The number of allylic oxidation sites excluding steroid dienone is 1. The van der Waals surface area contributed by atoms with Crippen LogP contribution in [0.2, 0.25) is 0 Å². The molecule has 2 aromatic rings. The molecule has 150 valence electrons. The number of carbonyl (C=O) groups is 1. The molecule has 1 atom stereocenters. The lowest BCUT2D eigenvalue weighted by Crippen LogP contribution is -2.31. The molecule has 0 aromatic heterocycles. The van der Waals surface area contributed by atoms with Gasteiger partial charge in [-0.3, -0.25) is 14.9 Å². The van der Waals surface area contributed by atoms with Gasteiger partial charge < -0.3 is 10.6 Å². The van der Waals surface area contributed by atoms with Gasteiger partial charge >= 0.3 is 0 Å². The molecule has 2 aromatic carbocycles. The van der Waals surface area contributed by atoms with E-state index in [2.05, 4.69) is 50.5 Å². The van der Waals surface area contributed by atoms with E-state index in [1.165, 1.54) is 17.7 Å². The first-order valence-corrected chi connectivity index (χ1v) is 9.80. The number of nitro groups is 1. The van der Waals surface area contributed by atoms with Gasteiger partial charge in [0.25, 0.3) is 5.69 Å². The number of Topliss-reactive ketones (excluding diaryl/α,β-unsaturated/α-hetero) is 1. The molecule has 0 amide bonds. The van der Waals surface area contributed by atoms with E-state index in [9.17, 15) is 14.9 Å². The number of nitrogens with zero attached hydrogens (tertiary/aromatic N) is 1. The van der Waals surface area contributed by atoms with Gasteiger partial charge in [0.1, 0.15) is 0 Å². The van der Waals surface area contributed by atoms with Gasteiger partial charge in [0.15, 0.2) is 5.78 Å². The summed E-state index contributed by atoms with van der Waals surface area (Å²) in [5.74, 6) is 0.112. The minimum Gasteiger partial charge on any atom is -0.372 e. The van der Waals surface area contributed by atoms with E-state index < -0.39 is 4.92 Å². The van der Waals surface area contributed by atoms with Crippen LogP contribution in [0, 0.1) is 29.4 Å². The molecule has 2 aliphatic rings. The molecule has 0 saturated heterocycles. The number of anilines is 2. The normalized spacial score (nSPS) is 20.1. The molecule has 0 bridgehead atoms. The van der Waals surface area contributed by atoms with Crippen molar-refractivity contribution in [1.29, 1.82) is 0 Å². The second-order valence-corrected chi connectivity index (χ2v) is 8.87. The summed E-state index contributed by atoms with van der Waals surface area (Å²) in [4.78, 5) is 23.8. The summed E-state index contributed by atoms with van der Waals surface area (Å²) in [5, 5.41) is 18.1. The fraction of sp³-hybridized carbons (Fsp3) is 0.348. The van der Waals surface area contributed by atoms with Crippen LogP contribution in [0.3, 0.4) is 0 Å². The first-order chi connectivity index (χ1) is 13.6. The van der Waals surface area contributed by atoms with Gasteiger partial charge in [-0.2, -0.15) is 0 Å². The maximum absolute atomic E-state index is 13.2. The monoisotopic (exact) mass is 391 g/mol.